The Hall–Kier alpha value is -6.18. The van der Waals surface area contributed by atoms with E-state index in [0.717, 1.165) is 77.0 Å². The Bertz CT molecular complexity index is 3010. The zero-order chi connectivity index (χ0) is 43.3. The summed E-state index contributed by atoms with van der Waals surface area (Å²) in [7, 11) is 0. The van der Waals surface area contributed by atoms with Crippen LogP contribution in [-0.2, 0) is 5.41 Å². The third-order valence-corrected chi connectivity index (χ3v) is 16.8. The van der Waals surface area contributed by atoms with Crippen molar-refractivity contribution in [3.8, 4) is 11.1 Å². The molecule has 0 aromatic heterocycles. The lowest BCUT2D eigenvalue weighted by Crippen LogP contribution is -2.29. The van der Waals surface area contributed by atoms with Gasteiger partial charge >= 0.3 is 0 Å². The number of allylic oxidation sites excluding steroid dienone is 27. The zero-order valence-electron chi connectivity index (χ0n) is 38.2. The first-order valence-electron chi connectivity index (χ1n) is 24.9. The number of rotatable bonds is 6. The van der Waals surface area contributed by atoms with Crippen molar-refractivity contribution in [3.05, 3.63) is 248 Å². The molecule has 13 rings (SSSR count). The van der Waals surface area contributed by atoms with E-state index in [9.17, 15) is 0 Å². The summed E-state index contributed by atoms with van der Waals surface area (Å²) in [5.74, 6) is 0.734. The van der Waals surface area contributed by atoms with Gasteiger partial charge in [-0.15, -0.1) is 0 Å². The smallest absolute Gasteiger partial charge is 0.0712 e. The third-order valence-electron chi connectivity index (χ3n) is 16.8. The van der Waals surface area contributed by atoms with E-state index in [1.54, 1.807) is 44.6 Å². The summed E-state index contributed by atoms with van der Waals surface area (Å²) in [6.45, 7) is 4.85. The van der Waals surface area contributed by atoms with E-state index in [2.05, 4.69) is 183 Å². The molecule has 0 fully saturated rings. The van der Waals surface area contributed by atoms with Gasteiger partial charge in [0.25, 0.3) is 0 Å². The number of fused-ring (bicyclic) bond motifs is 9. The lowest BCUT2D eigenvalue weighted by Gasteiger charge is -2.39. The lowest BCUT2D eigenvalue weighted by atomic mass is 9.64. The van der Waals surface area contributed by atoms with Crippen molar-refractivity contribution in [2.24, 2.45) is 5.41 Å². The molecule has 0 heterocycles. The van der Waals surface area contributed by atoms with Crippen LogP contribution in [0.25, 0.3) is 16.7 Å². The van der Waals surface area contributed by atoms with Gasteiger partial charge in [0.05, 0.1) is 5.41 Å². The van der Waals surface area contributed by atoms with Gasteiger partial charge in [0, 0.05) is 34.3 Å². The highest BCUT2D eigenvalue weighted by molar-refractivity contribution is 5.85. The third kappa shape index (κ3) is 5.96. The maximum absolute atomic E-state index is 2.71. The van der Waals surface area contributed by atoms with Gasteiger partial charge in [-0.25, -0.2) is 0 Å². The first-order chi connectivity index (χ1) is 32.0. The molecular formula is C64H59N. The van der Waals surface area contributed by atoms with Gasteiger partial charge in [0.1, 0.15) is 0 Å². The Labute approximate surface area is 386 Å². The molecule has 0 aliphatic heterocycles. The molecule has 3 aromatic carbocycles. The van der Waals surface area contributed by atoms with Gasteiger partial charge in [-0.05, 0) is 190 Å². The number of hydrogen-bond donors (Lipinski definition) is 0. The second-order valence-electron chi connectivity index (χ2n) is 20.5. The summed E-state index contributed by atoms with van der Waals surface area (Å²) >= 11 is 0. The normalized spacial score (nSPS) is 24.8. The van der Waals surface area contributed by atoms with Crippen LogP contribution in [0.5, 0.6) is 0 Å². The van der Waals surface area contributed by atoms with Crippen LogP contribution in [0.15, 0.2) is 220 Å². The fourth-order valence-electron chi connectivity index (χ4n) is 13.7. The van der Waals surface area contributed by atoms with Crippen molar-refractivity contribution in [2.45, 2.75) is 108 Å². The van der Waals surface area contributed by atoms with Crippen LogP contribution in [0.4, 0.5) is 5.69 Å². The van der Waals surface area contributed by atoms with Crippen LogP contribution in [0.2, 0.25) is 0 Å². The summed E-state index contributed by atoms with van der Waals surface area (Å²) < 4.78 is 0. The second-order valence-corrected chi connectivity index (χ2v) is 20.5. The molecule has 0 N–H and O–H groups in total. The molecule has 3 aromatic rings. The van der Waals surface area contributed by atoms with Gasteiger partial charge in [0.15, 0.2) is 0 Å². The van der Waals surface area contributed by atoms with E-state index in [1.165, 1.54) is 61.6 Å². The fraction of sp³-hybridized carbons (Fsp3) is 0.281. The molecule has 0 bridgehead atoms. The molecule has 0 saturated heterocycles. The highest BCUT2D eigenvalue weighted by atomic mass is 15.2. The van der Waals surface area contributed by atoms with Crippen molar-refractivity contribution in [1.29, 1.82) is 0 Å². The maximum atomic E-state index is 2.71. The van der Waals surface area contributed by atoms with Crippen LogP contribution in [-0.4, -0.2) is 0 Å². The fourth-order valence-corrected chi connectivity index (χ4v) is 13.7. The van der Waals surface area contributed by atoms with Crippen molar-refractivity contribution < 1.29 is 0 Å². The number of nitrogens with zero attached hydrogens (tertiary/aromatic N) is 1. The first-order valence-corrected chi connectivity index (χ1v) is 24.9. The van der Waals surface area contributed by atoms with E-state index >= 15 is 0 Å². The van der Waals surface area contributed by atoms with Gasteiger partial charge < -0.3 is 4.90 Å². The molecule has 320 valence electrons. The molecular weight excluding hydrogens is 783 g/mol. The predicted molar refractivity (Wildman–Crippen MR) is 272 cm³/mol. The van der Waals surface area contributed by atoms with Crippen molar-refractivity contribution in [1.82, 2.24) is 0 Å². The van der Waals surface area contributed by atoms with Gasteiger partial charge in [-0.1, -0.05) is 154 Å². The number of hydrogen-bond acceptors (Lipinski definition) is 1. The summed E-state index contributed by atoms with van der Waals surface area (Å²) in [6.07, 6.45) is 54.6. The Morgan fingerprint density at radius 1 is 0.538 bits per heavy atom. The molecule has 2 unspecified atom stereocenters. The topological polar surface area (TPSA) is 3.24 Å². The van der Waals surface area contributed by atoms with E-state index in [4.69, 9.17) is 0 Å². The van der Waals surface area contributed by atoms with E-state index in [0.29, 0.717) is 11.8 Å². The highest BCUT2D eigenvalue weighted by Crippen LogP contribution is 2.68. The van der Waals surface area contributed by atoms with Crippen LogP contribution >= 0.6 is 0 Å². The summed E-state index contributed by atoms with van der Waals surface area (Å²) in [4.78, 5) is 2.68. The summed E-state index contributed by atoms with van der Waals surface area (Å²) in [5.41, 5.74) is 27.9. The quantitative estimate of drug-likeness (QED) is 0.239. The molecule has 2 atom stereocenters. The molecule has 65 heavy (non-hydrogen) atoms. The zero-order valence-corrected chi connectivity index (χ0v) is 38.2. The Morgan fingerprint density at radius 3 is 1.88 bits per heavy atom. The molecule has 0 radical (unpaired) electrons. The molecule has 1 spiro atoms. The molecule has 1 heteroatoms. The largest absolute Gasteiger partial charge is 0.315 e. The number of benzene rings is 3. The monoisotopic (exact) mass is 841 g/mol. The Kier molecular flexibility index (Phi) is 9.17. The Morgan fingerprint density at radius 2 is 1.22 bits per heavy atom. The average Bonchev–Trinajstić information content (AvgIpc) is 3.93. The van der Waals surface area contributed by atoms with Gasteiger partial charge in [0.2, 0.25) is 0 Å². The van der Waals surface area contributed by atoms with Crippen LogP contribution in [0.1, 0.15) is 131 Å². The maximum Gasteiger partial charge on any atom is 0.0712 e. The van der Waals surface area contributed by atoms with Crippen LogP contribution < -0.4 is 4.90 Å². The minimum Gasteiger partial charge on any atom is -0.315 e. The van der Waals surface area contributed by atoms with Gasteiger partial charge in [-0.2, -0.15) is 0 Å². The standard InChI is InChI=1S/C64H59N/c1-63(2)57-25-13-9-21-51(57)55-35-33-49(40-61(55)63)65(48-31-29-44(30-32-48)47-38-45(42-17-5-3-6-18-42)37-46(39-47)43-19-7-4-8-20-43)50-34-36-56-54-24-12-16-28-60(54)64(62(56)41-50)58-26-14-10-22-52(58)53-23-11-15-27-59(53)64/h3-7,9,13-17,19,21,25-29,31-33,35,37-42,44H,8,10-12,18,20,22-24,30,34,36H2,1-2H3. The summed E-state index contributed by atoms with van der Waals surface area (Å²) in [6, 6.07) is 24.0. The predicted octanol–water partition coefficient (Wildman–Crippen LogP) is 16.7. The highest BCUT2D eigenvalue weighted by Gasteiger charge is 2.55. The average molecular weight is 842 g/mol. The van der Waals surface area contributed by atoms with Crippen molar-refractivity contribution in [2.75, 3.05) is 4.90 Å². The lowest BCUT2D eigenvalue weighted by molar-refractivity contribution is 0.659. The molecule has 0 amide bonds. The summed E-state index contributed by atoms with van der Waals surface area (Å²) in [5, 5.41) is 0. The van der Waals surface area contributed by atoms with E-state index in [-0.39, 0.29) is 10.8 Å². The minimum atomic E-state index is -0.212. The van der Waals surface area contributed by atoms with Crippen molar-refractivity contribution >= 4 is 11.3 Å². The Balaban J connectivity index is 0.942. The van der Waals surface area contributed by atoms with E-state index < -0.39 is 0 Å². The second kappa shape index (κ2) is 15.2. The molecule has 1 nitrogen and oxygen atoms in total. The molecule has 10 aliphatic carbocycles. The first kappa shape index (κ1) is 39.2. The molecule has 0 saturated carbocycles. The minimum absolute atomic E-state index is 0.0806. The SMILES string of the molecule is CC1(C)c2ccccc2-c2ccc(N(C3=CCC(c4cc(C5=CC=CCC5)cc(C5C=CC=CC5)c4)C=C3)C3=CC4=C(CC3)C3=C(C=CCC3)C43C4=C(CCC=C4)C4=C3C=CCC4)cc21. The number of anilines is 1. The van der Waals surface area contributed by atoms with Crippen LogP contribution in [0, 0.1) is 5.41 Å². The van der Waals surface area contributed by atoms with Crippen molar-refractivity contribution in [3.63, 3.8) is 0 Å². The van der Waals surface area contributed by atoms with Crippen LogP contribution in [0.3, 0.4) is 0 Å². The van der Waals surface area contributed by atoms with E-state index in [1.807, 2.05) is 0 Å². The molecule has 10 aliphatic rings. The van der Waals surface area contributed by atoms with Gasteiger partial charge in [-0.3, -0.25) is 0 Å².